The summed E-state index contributed by atoms with van der Waals surface area (Å²) >= 11 is 3.65. The number of aromatic hydroxyl groups is 1. The van der Waals surface area contributed by atoms with E-state index in [2.05, 4.69) is 35.1 Å². The lowest BCUT2D eigenvalue weighted by Gasteiger charge is -2.27. The van der Waals surface area contributed by atoms with Crippen LogP contribution >= 0.6 is 15.9 Å². The Labute approximate surface area is 112 Å². The van der Waals surface area contributed by atoms with Crippen LogP contribution in [0.15, 0.2) is 4.47 Å². The lowest BCUT2D eigenvalue weighted by molar-refractivity contribution is 0.420. The van der Waals surface area contributed by atoms with Gasteiger partial charge in [0.2, 0.25) is 0 Å². The molecule has 1 saturated heterocycles. The Bertz CT molecular complexity index is 407. The van der Waals surface area contributed by atoms with Gasteiger partial charge in [0.1, 0.15) is 5.75 Å². The second-order valence-electron chi connectivity index (χ2n) is 4.98. The Morgan fingerprint density at radius 1 is 1.06 bits per heavy atom. The number of halogens is 1. The van der Waals surface area contributed by atoms with Gasteiger partial charge in [0.15, 0.2) is 0 Å². The van der Waals surface area contributed by atoms with Gasteiger partial charge < -0.3 is 10.4 Å². The fourth-order valence-electron chi connectivity index (χ4n) is 2.73. The molecule has 0 radical (unpaired) electrons. The van der Waals surface area contributed by atoms with E-state index in [1.165, 1.54) is 5.56 Å². The summed E-state index contributed by atoms with van der Waals surface area (Å²) in [5.74, 6) is 1.00. The van der Waals surface area contributed by atoms with Crippen molar-refractivity contribution in [3.05, 3.63) is 26.7 Å². The highest BCUT2D eigenvalue weighted by Crippen LogP contribution is 2.41. The van der Waals surface area contributed by atoms with Crippen LogP contribution in [0.3, 0.4) is 0 Å². The molecule has 0 amide bonds. The van der Waals surface area contributed by atoms with Gasteiger partial charge >= 0.3 is 0 Å². The Hall–Kier alpha value is -0.540. The summed E-state index contributed by atoms with van der Waals surface area (Å²) in [6.45, 7) is 8.26. The SMILES string of the molecule is Cc1c(C)c(Br)c(C)c(C2CCNCC2)c1O. The molecule has 3 heteroatoms. The third kappa shape index (κ3) is 2.23. The first kappa shape index (κ1) is 12.9. The normalized spacial score (nSPS) is 17.4. The van der Waals surface area contributed by atoms with Gasteiger partial charge in [0.05, 0.1) is 0 Å². The van der Waals surface area contributed by atoms with E-state index in [0.29, 0.717) is 11.7 Å². The van der Waals surface area contributed by atoms with Crippen molar-refractivity contribution in [2.45, 2.75) is 39.5 Å². The molecule has 0 saturated carbocycles. The van der Waals surface area contributed by atoms with E-state index in [0.717, 1.165) is 47.1 Å². The topological polar surface area (TPSA) is 32.3 Å². The Morgan fingerprint density at radius 3 is 2.24 bits per heavy atom. The highest BCUT2D eigenvalue weighted by atomic mass is 79.9. The maximum atomic E-state index is 10.4. The van der Waals surface area contributed by atoms with Crippen molar-refractivity contribution >= 4 is 15.9 Å². The van der Waals surface area contributed by atoms with Gasteiger partial charge in [-0.1, -0.05) is 15.9 Å². The predicted molar refractivity (Wildman–Crippen MR) is 74.9 cm³/mol. The van der Waals surface area contributed by atoms with E-state index in [1.807, 2.05) is 6.92 Å². The zero-order chi connectivity index (χ0) is 12.6. The lowest BCUT2D eigenvalue weighted by atomic mass is 9.84. The summed E-state index contributed by atoms with van der Waals surface area (Å²) < 4.78 is 1.15. The van der Waals surface area contributed by atoms with Gasteiger partial charge in [0, 0.05) is 10.0 Å². The molecular weight excluding hydrogens is 278 g/mol. The first-order chi connectivity index (χ1) is 8.04. The number of hydrogen-bond acceptors (Lipinski definition) is 2. The summed E-state index contributed by atoms with van der Waals surface area (Å²) in [6.07, 6.45) is 2.23. The van der Waals surface area contributed by atoms with Crippen LogP contribution in [-0.4, -0.2) is 18.2 Å². The van der Waals surface area contributed by atoms with Crippen LogP contribution in [0.4, 0.5) is 0 Å². The van der Waals surface area contributed by atoms with Crippen LogP contribution in [0, 0.1) is 20.8 Å². The molecule has 1 aromatic carbocycles. The number of hydrogen-bond donors (Lipinski definition) is 2. The van der Waals surface area contributed by atoms with E-state index in [-0.39, 0.29) is 0 Å². The van der Waals surface area contributed by atoms with Crippen molar-refractivity contribution in [2.24, 2.45) is 0 Å². The van der Waals surface area contributed by atoms with Crippen LogP contribution in [0.1, 0.15) is 41.0 Å². The van der Waals surface area contributed by atoms with Crippen molar-refractivity contribution in [3.63, 3.8) is 0 Å². The molecule has 0 spiro atoms. The third-order valence-electron chi connectivity index (χ3n) is 3.98. The van der Waals surface area contributed by atoms with Crippen LogP contribution in [0.5, 0.6) is 5.75 Å². The fraction of sp³-hybridized carbons (Fsp3) is 0.571. The van der Waals surface area contributed by atoms with Crippen molar-refractivity contribution in [2.75, 3.05) is 13.1 Å². The molecule has 17 heavy (non-hydrogen) atoms. The second kappa shape index (κ2) is 4.99. The predicted octanol–water partition coefficient (Wildman–Crippen LogP) is 3.55. The van der Waals surface area contributed by atoms with Crippen LogP contribution in [0.2, 0.25) is 0 Å². The highest BCUT2D eigenvalue weighted by molar-refractivity contribution is 9.10. The zero-order valence-electron chi connectivity index (χ0n) is 10.7. The molecule has 1 fully saturated rings. The number of nitrogens with one attached hydrogen (secondary N) is 1. The molecule has 1 aliphatic rings. The molecule has 0 bridgehead atoms. The summed E-state index contributed by atoms with van der Waals surface area (Å²) in [5, 5.41) is 13.8. The summed E-state index contributed by atoms with van der Waals surface area (Å²) in [7, 11) is 0. The molecule has 0 aromatic heterocycles. The molecule has 1 aliphatic heterocycles. The second-order valence-corrected chi connectivity index (χ2v) is 5.77. The van der Waals surface area contributed by atoms with E-state index >= 15 is 0 Å². The van der Waals surface area contributed by atoms with E-state index in [1.54, 1.807) is 0 Å². The first-order valence-electron chi connectivity index (χ1n) is 6.22. The largest absolute Gasteiger partial charge is 0.507 e. The smallest absolute Gasteiger partial charge is 0.122 e. The van der Waals surface area contributed by atoms with Gasteiger partial charge in [-0.3, -0.25) is 0 Å². The standard InChI is InChI=1S/C14H20BrNO/c1-8-9(2)14(17)12(10(3)13(8)15)11-4-6-16-7-5-11/h11,16-17H,4-7H2,1-3H3. The van der Waals surface area contributed by atoms with Crippen molar-refractivity contribution in [1.29, 1.82) is 0 Å². The molecule has 1 heterocycles. The molecule has 2 nitrogen and oxygen atoms in total. The maximum absolute atomic E-state index is 10.4. The molecule has 0 unspecified atom stereocenters. The van der Waals surface area contributed by atoms with Crippen molar-refractivity contribution < 1.29 is 5.11 Å². The van der Waals surface area contributed by atoms with Gasteiger partial charge in [-0.05, 0) is 69.3 Å². The number of rotatable bonds is 1. The third-order valence-corrected chi connectivity index (χ3v) is 5.17. The Balaban J connectivity index is 2.52. The Kier molecular flexibility index (Phi) is 3.79. The zero-order valence-corrected chi connectivity index (χ0v) is 12.3. The van der Waals surface area contributed by atoms with Gasteiger partial charge in [-0.2, -0.15) is 0 Å². The van der Waals surface area contributed by atoms with Gasteiger partial charge in [-0.25, -0.2) is 0 Å². The minimum atomic E-state index is 0.492. The number of piperidine rings is 1. The number of phenols is 1. The number of phenolic OH excluding ortho intramolecular Hbond substituents is 1. The number of benzene rings is 1. The van der Waals surface area contributed by atoms with Gasteiger partial charge in [0.25, 0.3) is 0 Å². The van der Waals surface area contributed by atoms with Crippen LogP contribution in [0.25, 0.3) is 0 Å². The minimum absolute atomic E-state index is 0.492. The Morgan fingerprint density at radius 2 is 1.65 bits per heavy atom. The molecule has 2 rings (SSSR count). The van der Waals surface area contributed by atoms with Crippen molar-refractivity contribution in [3.8, 4) is 5.75 Å². The summed E-state index contributed by atoms with van der Waals surface area (Å²) in [6, 6.07) is 0. The average Bonchev–Trinajstić information content (AvgIpc) is 2.36. The monoisotopic (exact) mass is 297 g/mol. The lowest BCUT2D eigenvalue weighted by Crippen LogP contribution is -2.27. The molecule has 94 valence electrons. The molecule has 1 aromatic rings. The quantitative estimate of drug-likeness (QED) is 0.831. The fourth-order valence-corrected chi connectivity index (χ4v) is 3.24. The van der Waals surface area contributed by atoms with Crippen LogP contribution in [-0.2, 0) is 0 Å². The highest BCUT2D eigenvalue weighted by Gasteiger charge is 2.24. The first-order valence-corrected chi connectivity index (χ1v) is 7.02. The molecule has 2 N–H and O–H groups in total. The van der Waals surface area contributed by atoms with E-state index < -0.39 is 0 Å². The van der Waals surface area contributed by atoms with E-state index in [9.17, 15) is 5.11 Å². The van der Waals surface area contributed by atoms with Crippen molar-refractivity contribution in [1.82, 2.24) is 5.32 Å². The van der Waals surface area contributed by atoms with Gasteiger partial charge in [-0.15, -0.1) is 0 Å². The molecule has 0 atom stereocenters. The average molecular weight is 298 g/mol. The summed E-state index contributed by atoms with van der Waals surface area (Å²) in [4.78, 5) is 0. The summed E-state index contributed by atoms with van der Waals surface area (Å²) in [5.41, 5.74) is 4.52. The minimum Gasteiger partial charge on any atom is -0.507 e. The van der Waals surface area contributed by atoms with E-state index in [4.69, 9.17) is 0 Å². The van der Waals surface area contributed by atoms with Crippen LogP contribution < -0.4 is 5.32 Å². The molecular formula is C14H20BrNO. The molecule has 0 aliphatic carbocycles. The maximum Gasteiger partial charge on any atom is 0.122 e.